The van der Waals surface area contributed by atoms with Crippen molar-refractivity contribution in [3.05, 3.63) is 101 Å². The summed E-state index contributed by atoms with van der Waals surface area (Å²) in [5.41, 5.74) is 2.29. The van der Waals surface area contributed by atoms with Crippen molar-refractivity contribution in [2.24, 2.45) is 0 Å². The van der Waals surface area contributed by atoms with E-state index < -0.39 is 10.0 Å². The number of aryl methyl sites for hydroxylation is 1. The van der Waals surface area contributed by atoms with Crippen LogP contribution in [0.5, 0.6) is 0 Å². The topological polar surface area (TPSA) is 60.9 Å². The number of carbonyl (C=O) groups excluding carboxylic acids is 1. The van der Waals surface area contributed by atoms with Gasteiger partial charge in [-0.3, -0.25) is 14.0 Å². The summed E-state index contributed by atoms with van der Waals surface area (Å²) < 4.78 is 28.4. The second kappa shape index (κ2) is 11.7. The average Bonchev–Trinajstić information content (AvgIpc) is 2.90. The van der Waals surface area contributed by atoms with E-state index in [1.165, 1.54) is 16.4 Å². The van der Waals surface area contributed by atoms with E-state index in [0.717, 1.165) is 30.8 Å². The number of sulfonamides is 1. The van der Waals surface area contributed by atoms with Gasteiger partial charge in [-0.25, -0.2) is 8.42 Å². The van der Waals surface area contributed by atoms with Gasteiger partial charge < -0.3 is 4.90 Å². The van der Waals surface area contributed by atoms with Crippen molar-refractivity contribution >= 4 is 39.3 Å². The number of carbonyl (C=O) groups is 1. The van der Waals surface area contributed by atoms with Crippen molar-refractivity contribution in [2.45, 2.75) is 11.8 Å². The maximum atomic E-state index is 13.6. The Morgan fingerprint density at radius 2 is 1.58 bits per heavy atom. The molecule has 1 saturated heterocycles. The minimum Gasteiger partial charge on any atom is -0.339 e. The average molecular weight is 524 g/mol. The Kier molecular flexibility index (Phi) is 8.46. The Labute approximate surface area is 218 Å². The van der Waals surface area contributed by atoms with Crippen LogP contribution in [-0.2, 0) is 14.8 Å². The lowest BCUT2D eigenvalue weighted by Crippen LogP contribution is -2.51. The Hall–Kier alpha value is -3.13. The standard InChI is InChI=1S/C28H30ClN3O3S/c1-23-14-15-25(29)21-27(23)32(36(34,35)26-12-6-3-7-13-26)22-28(33)31-19-17-30(18-20-31)16-8-11-24-9-4-2-5-10-24/h2-15,21H,16-20,22H2,1H3/b11-8+. The number of hydrogen-bond acceptors (Lipinski definition) is 4. The van der Waals surface area contributed by atoms with Crippen molar-refractivity contribution in [1.29, 1.82) is 0 Å². The molecule has 0 N–H and O–H groups in total. The second-order valence-electron chi connectivity index (χ2n) is 8.75. The van der Waals surface area contributed by atoms with E-state index in [-0.39, 0.29) is 17.3 Å². The van der Waals surface area contributed by atoms with E-state index in [1.54, 1.807) is 41.3 Å². The maximum absolute atomic E-state index is 13.6. The molecule has 0 atom stereocenters. The number of amides is 1. The van der Waals surface area contributed by atoms with Crippen LogP contribution in [0.2, 0.25) is 5.02 Å². The number of rotatable bonds is 8. The highest BCUT2D eigenvalue weighted by atomic mass is 35.5. The summed E-state index contributed by atoms with van der Waals surface area (Å²) in [6, 6.07) is 23.4. The van der Waals surface area contributed by atoms with Crippen LogP contribution in [0.15, 0.2) is 89.8 Å². The number of nitrogens with zero attached hydrogens (tertiary/aromatic N) is 3. The predicted octanol–water partition coefficient (Wildman–Crippen LogP) is 4.70. The minimum absolute atomic E-state index is 0.132. The fraction of sp³-hybridized carbons (Fsp3) is 0.250. The van der Waals surface area contributed by atoms with Crippen LogP contribution in [0, 0.1) is 6.92 Å². The molecule has 0 bridgehead atoms. The monoisotopic (exact) mass is 523 g/mol. The molecule has 0 aromatic heterocycles. The lowest BCUT2D eigenvalue weighted by Gasteiger charge is -2.35. The summed E-state index contributed by atoms with van der Waals surface area (Å²) in [4.78, 5) is 17.5. The SMILES string of the molecule is Cc1ccc(Cl)cc1N(CC(=O)N1CCN(C/C=C/c2ccccc2)CC1)S(=O)(=O)c1ccccc1. The zero-order chi connectivity index (χ0) is 25.5. The third-order valence-electron chi connectivity index (χ3n) is 6.25. The van der Waals surface area contributed by atoms with Gasteiger partial charge in [0, 0.05) is 37.7 Å². The molecule has 1 heterocycles. The maximum Gasteiger partial charge on any atom is 0.264 e. The molecule has 6 nitrogen and oxygen atoms in total. The molecule has 4 rings (SSSR count). The lowest BCUT2D eigenvalue weighted by molar-refractivity contribution is -0.131. The van der Waals surface area contributed by atoms with E-state index in [9.17, 15) is 13.2 Å². The summed E-state index contributed by atoms with van der Waals surface area (Å²) in [5, 5.41) is 0.411. The van der Waals surface area contributed by atoms with Crippen LogP contribution in [0.4, 0.5) is 5.69 Å². The Morgan fingerprint density at radius 1 is 0.944 bits per heavy atom. The molecule has 1 fully saturated rings. The highest BCUT2D eigenvalue weighted by Gasteiger charge is 2.31. The van der Waals surface area contributed by atoms with Gasteiger partial charge in [0.2, 0.25) is 5.91 Å². The van der Waals surface area contributed by atoms with E-state index in [0.29, 0.717) is 23.8 Å². The van der Waals surface area contributed by atoms with Gasteiger partial charge in [0.1, 0.15) is 6.54 Å². The first-order chi connectivity index (χ1) is 17.3. The molecular weight excluding hydrogens is 494 g/mol. The summed E-state index contributed by atoms with van der Waals surface area (Å²) >= 11 is 6.21. The first kappa shape index (κ1) is 25.9. The third kappa shape index (κ3) is 6.35. The molecule has 0 aliphatic carbocycles. The number of piperazine rings is 1. The van der Waals surface area contributed by atoms with Crippen LogP contribution in [0.1, 0.15) is 11.1 Å². The van der Waals surface area contributed by atoms with Crippen LogP contribution in [0.25, 0.3) is 6.08 Å². The van der Waals surface area contributed by atoms with Crippen molar-refractivity contribution in [3.8, 4) is 0 Å². The largest absolute Gasteiger partial charge is 0.339 e. The molecule has 1 amide bonds. The molecule has 0 unspecified atom stereocenters. The molecule has 3 aromatic rings. The van der Waals surface area contributed by atoms with E-state index in [1.807, 2.05) is 25.1 Å². The first-order valence-corrected chi connectivity index (χ1v) is 13.7. The molecule has 0 saturated carbocycles. The van der Waals surface area contributed by atoms with Gasteiger partial charge in [-0.1, -0.05) is 78.4 Å². The third-order valence-corrected chi connectivity index (χ3v) is 8.26. The van der Waals surface area contributed by atoms with Crippen LogP contribution in [0.3, 0.4) is 0 Å². The van der Waals surface area contributed by atoms with Crippen LogP contribution in [-0.4, -0.2) is 63.4 Å². The van der Waals surface area contributed by atoms with Crippen molar-refractivity contribution in [1.82, 2.24) is 9.80 Å². The molecule has 1 aliphatic heterocycles. The molecule has 8 heteroatoms. The van der Waals surface area contributed by atoms with Gasteiger partial charge in [0.25, 0.3) is 10.0 Å². The number of benzene rings is 3. The Bertz CT molecular complexity index is 1310. The molecule has 0 spiro atoms. The normalized spacial score (nSPS) is 14.8. The van der Waals surface area contributed by atoms with Gasteiger partial charge in [-0.05, 0) is 42.3 Å². The highest BCUT2D eigenvalue weighted by Crippen LogP contribution is 2.29. The number of hydrogen-bond donors (Lipinski definition) is 0. The summed E-state index contributed by atoms with van der Waals surface area (Å²) in [6.07, 6.45) is 4.22. The van der Waals surface area contributed by atoms with Crippen molar-refractivity contribution in [2.75, 3.05) is 43.6 Å². The van der Waals surface area contributed by atoms with Gasteiger partial charge in [-0.2, -0.15) is 0 Å². The second-order valence-corrected chi connectivity index (χ2v) is 11.0. The molecular formula is C28H30ClN3O3S. The zero-order valence-corrected chi connectivity index (χ0v) is 21.8. The summed E-state index contributed by atoms with van der Waals surface area (Å²) in [7, 11) is -3.97. The van der Waals surface area contributed by atoms with E-state index in [2.05, 4.69) is 29.2 Å². The van der Waals surface area contributed by atoms with Gasteiger partial charge >= 0.3 is 0 Å². The predicted molar refractivity (Wildman–Crippen MR) is 146 cm³/mol. The lowest BCUT2D eigenvalue weighted by atomic mass is 10.2. The van der Waals surface area contributed by atoms with E-state index >= 15 is 0 Å². The fourth-order valence-electron chi connectivity index (χ4n) is 4.18. The summed E-state index contributed by atoms with van der Waals surface area (Å²) in [5.74, 6) is -0.228. The Morgan fingerprint density at radius 3 is 2.25 bits per heavy atom. The van der Waals surface area contributed by atoms with E-state index in [4.69, 9.17) is 11.6 Å². The number of halogens is 1. The molecule has 3 aromatic carbocycles. The Balaban J connectivity index is 1.45. The highest BCUT2D eigenvalue weighted by molar-refractivity contribution is 7.92. The number of anilines is 1. The molecule has 0 radical (unpaired) electrons. The quantitative estimate of drug-likeness (QED) is 0.429. The van der Waals surface area contributed by atoms with Gasteiger partial charge in [0.05, 0.1) is 10.6 Å². The fourth-order valence-corrected chi connectivity index (χ4v) is 5.83. The zero-order valence-electron chi connectivity index (χ0n) is 20.3. The molecule has 188 valence electrons. The minimum atomic E-state index is -3.97. The van der Waals surface area contributed by atoms with Crippen LogP contribution >= 0.6 is 11.6 Å². The molecule has 1 aliphatic rings. The van der Waals surface area contributed by atoms with Gasteiger partial charge in [0.15, 0.2) is 0 Å². The van der Waals surface area contributed by atoms with Crippen molar-refractivity contribution in [3.63, 3.8) is 0 Å². The van der Waals surface area contributed by atoms with Crippen molar-refractivity contribution < 1.29 is 13.2 Å². The van der Waals surface area contributed by atoms with Crippen LogP contribution < -0.4 is 4.31 Å². The van der Waals surface area contributed by atoms with Gasteiger partial charge in [-0.15, -0.1) is 0 Å². The first-order valence-electron chi connectivity index (χ1n) is 11.9. The summed E-state index contributed by atoms with van der Waals surface area (Å²) in [6.45, 7) is 4.88. The molecule has 36 heavy (non-hydrogen) atoms. The smallest absolute Gasteiger partial charge is 0.264 e.